The van der Waals surface area contributed by atoms with Crippen LogP contribution in [-0.2, 0) is 0 Å². The van der Waals surface area contributed by atoms with Crippen LogP contribution in [0.25, 0.3) is 0 Å². The molecule has 0 aliphatic carbocycles. The Bertz CT molecular complexity index is 172. The SMILES string of the molecule is Brc1ccccc1.CCNCC. The Morgan fingerprint density at radius 3 is 1.75 bits per heavy atom. The highest BCUT2D eigenvalue weighted by atomic mass is 79.9. The van der Waals surface area contributed by atoms with Crippen LogP contribution < -0.4 is 5.32 Å². The van der Waals surface area contributed by atoms with Crippen molar-refractivity contribution < 1.29 is 0 Å². The third-order valence-electron chi connectivity index (χ3n) is 1.23. The Morgan fingerprint density at radius 2 is 1.58 bits per heavy atom. The van der Waals surface area contributed by atoms with Gasteiger partial charge in [0, 0.05) is 4.47 Å². The number of benzene rings is 1. The standard InChI is InChI=1S/C6H5Br.C4H11N/c7-6-4-2-1-3-5-6;1-3-5-4-2/h1-5H;5H,3-4H2,1-2H3. The zero-order chi connectivity index (χ0) is 9.23. The molecule has 12 heavy (non-hydrogen) atoms. The van der Waals surface area contributed by atoms with Crippen LogP contribution in [0.1, 0.15) is 13.8 Å². The summed E-state index contributed by atoms with van der Waals surface area (Å²) in [7, 11) is 0. The fourth-order valence-electron chi connectivity index (χ4n) is 0.665. The van der Waals surface area contributed by atoms with Gasteiger partial charge in [0.1, 0.15) is 0 Å². The van der Waals surface area contributed by atoms with Gasteiger partial charge in [0.05, 0.1) is 0 Å². The molecule has 1 aromatic carbocycles. The highest BCUT2D eigenvalue weighted by molar-refractivity contribution is 9.10. The quantitative estimate of drug-likeness (QED) is 0.823. The summed E-state index contributed by atoms with van der Waals surface area (Å²) in [5, 5.41) is 3.11. The van der Waals surface area contributed by atoms with Gasteiger partial charge in [-0.05, 0) is 25.2 Å². The van der Waals surface area contributed by atoms with Crippen molar-refractivity contribution in [3.8, 4) is 0 Å². The first-order valence-corrected chi connectivity index (χ1v) is 5.01. The molecule has 1 rings (SSSR count). The van der Waals surface area contributed by atoms with Crippen molar-refractivity contribution in [1.29, 1.82) is 0 Å². The fourth-order valence-corrected chi connectivity index (χ4v) is 0.970. The van der Waals surface area contributed by atoms with E-state index in [0.717, 1.165) is 17.6 Å². The van der Waals surface area contributed by atoms with Gasteiger partial charge in [0.25, 0.3) is 0 Å². The van der Waals surface area contributed by atoms with E-state index >= 15 is 0 Å². The first-order chi connectivity index (χ1) is 5.81. The Morgan fingerprint density at radius 1 is 1.08 bits per heavy atom. The van der Waals surface area contributed by atoms with Crippen molar-refractivity contribution >= 4 is 15.9 Å². The topological polar surface area (TPSA) is 12.0 Å². The Hall–Kier alpha value is -0.340. The van der Waals surface area contributed by atoms with Crippen molar-refractivity contribution in [2.75, 3.05) is 13.1 Å². The molecule has 0 bridgehead atoms. The lowest BCUT2D eigenvalue weighted by Gasteiger charge is -1.86. The van der Waals surface area contributed by atoms with E-state index in [9.17, 15) is 0 Å². The summed E-state index contributed by atoms with van der Waals surface area (Å²) in [5.74, 6) is 0. The van der Waals surface area contributed by atoms with Crippen molar-refractivity contribution in [3.05, 3.63) is 34.8 Å². The summed E-state index contributed by atoms with van der Waals surface area (Å²) in [6, 6.07) is 9.97. The van der Waals surface area contributed by atoms with E-state index < -0.39 is 0 Å². The van der Waals surface area contributed by atoms with E-state index in [0.29, 0.717) is 0 Å². The van der Waals surface area contributed by atoms with E-state index in [1.165, 1.54) is 0 Å². The molecule has 0 aliphatic rings. The first kappa shape index (κ1) is 11.7. The lowest BCUT2D eigenvalue weighted by Crippen LogP contribution is -2.09. The van der Waals surface area contributed by atoms with E-state index in [-0.39, 0.29) is 0 Å². The van der Waals surface area contributed by atoms with Crippen LogP contribution in [0, 0.1) is 0 Å². The van der Waals surface area contributed by atoms with Crippen LogP contribution in [0.3, 0.4) is 0 Å². The molecule has 2 heteroatoms. The van der Waals surface area contributed by atoms with Crippen LogP contribution in [0.4, 0.5) is 0 Å². The number of halogens is 1. The molecule has 0 saturated heterocycles. The molecule has 68 valence electrons. The summed E-state index contributed by atoms with van der Waals surface area (Å²) < 4.78 is 1.13. The van der Waals surface area contributed by atoms with Crippen molar-refractivity contribution in [2.24, 2.45) is 0 Å². The third kappa shape index (κ3) is 7.76. The molecule has 0 aliphatic heterocycles. The lowest BCUT2D eigenvalue weighted by atomic mass is 10.4. The predicted octanol–water partition coefficient (Wildman–Crippen LogP) is 3.06. The largest absolute Gasteiger partial charge is 0.317 e. The minimum atomic E-state index is 1.09. The summed E-state index contributed by atoms with van der Waals surface area (Å²) in [6.45, 7) is 6.39. The van der Waals surface area contributed by atoms with Gasteiger partial charge in [-0.3, -0.25) is 0 Å². The van der Waals surface area contributed by atoms with Gasteiger partial charge in [-0.2, -0.15) is 0 Å². The van der Waals surface area contributed by atoms with Crippen LogP contribution in [0.2, 0.25) is 0 Å². The van der Waals surface area contributed by atoms with Gasteiger partial charge in [-0.1, -0.05) is 48.0 Å². The van der Waals surface area contributed by atoms with E-state index in [1.54, 1.807) is 0 Å². The molecule has 0 fully saturated rings. The molecule has 0 atom stereocenters. The number of nitrogens with one attached hydrogen (secondary N) is 1. The second kappa shape index (κ2) is 8.75. The minimum absolute atomic E-state index is 1.09. The molecular weight excluding hydrogens is 214 g/mol. The maximum Gasteiger partial charge on any atom is 0.0175 e. The van der Waals surface area contributed by atoms with Crippen molar-refractivity contribution in [2.45, 2.75) is 13.8 Å². The zero-order valence-corrected chi connectivity index (χ0v) is 9.26. The van der Waals surface area contributed by atoms with Gasteiger partial charge in [0.15, 0.2) is 0 Å². The average molecular weight is 230 g/mol. The lowest BCUT2D eigenvalue weighted by molar-refractivity contribution is 0.762. The van der Waals surface area contributed by atoms with Crippen molar-refractivity contribution in [3.63, 3.8) is 0 Å². The van der Waals surface area contributed by atoms with Crippen LogP contribution in [0.15, 0.2) is 34.8 Å². The Kier molecular flexibility index (Phi) is 8.51. The normalized spacial score (nSPS) is 8.58. The summed E-state index contributed by atoms with van der Waals surface area (Å²) in [6.07, 6.45) is 0. The summed E-state index contributed by atoms with van der Waals surface area (Å²) in [4.78, 5) is 0. The van der Waals surface area contributed by atoms with Crippen LogP contribution in [0.5, 0.6) is 0 Å². The molecular formula is C10H16BrN. The second-order valence-electron chi connectivity index (χ2n) is 2.25. The third-order valence-corrected chi connectivity index (χ3v) is 1.76. The monoisotopic (exact) mass is 229 g/mol. The van der Waals surface area contributed by atoms with E-state index in [4.69, 9.17) is 0 Å². The first-order valence-electron chi connectivity index (χ1n) is 4.22. The molecule has 0 saturated carbocycles. The molecule has 0 amide bonds. The highest BCUT2D eigenvalue weighted by Gasteiger charge is 1.74. The molecule has 1 aromatic rings. The molecule has 0 unspecified atom stereocenters. The van der Waals surface area contributed by atoms with Gasteiger partial charge in [0.2, 0.25) is 0 Å². The molecule has 1 N–H and O–H groups in total. The molecule has 0 spiro atoms. The maximum absolute atomic E-state index is 3.31. The van der Waals surface area contributed by atoms with Crippen LogP contribution in [-0.4, -0.2) is 13.1 Å². The molecule has 0 heterocycles. The average Bonchev–Trinajstić information content (AvgIpc) is 2.08. The van der Waals surface area contributed by atoms with Gasteiger partial charge >= 0.3 is 0 Å². The zero-order valence-electron chi connectivity index (χ0n) is 7.68. The molecule has 1 nitrogen and oxygen atoms in total. The van der Waals surface area contributed by atoms with Gasteiger partial charge in [-0.15, -0.1) is 0 Å². The summed E-state index contributed by atoms with van der Waals surface area (Å²) in [5.41, 5.74) is 0. The number of rotatable bonds is 2. The maximum atomic E-state index is 3.31. The van der Waals surface area contributed by atoms with E-state index in [2.05, 4.69) is 35.1 Å². The number of hydrogen-bond acceptors (Lipinski definition) is 1. The van der Waals surface area contributed by atoms with Crippen LogP contribution >= 0.6 is 15.9 Å². The van der Waals surface area contributed by atoms with Gasteiger partial charge < -0.3 is 5.32 Å². The minimum Gasteiger partial charge on any atom is -0.317 e. The smallest absolute Gasteiger partial charge is 0.0175 e. The highest BCUT2D eigenvalue weighted by Crippen LogP contribution is 2.05. The molecule has 0 radical (unpaired) electrons. The second-order valence-corrected chi connectivity index (χ2v) is 3.17. The number of hydrogen-bond donors (Lipinski definition) is 1. The van der Waals surface area contributed by atoms with Crippen molar-refractivity contribution in [1.82, 2.24) is 5.32 Å². The predicted molar refractivity (Wildman–Crippen MR) is 58.4 cm³/mol. The Labute approximate surface area is 83.3 Å². The summed E-state index contributed by atoms with van der Waals surface area (Å²) >= 11 is 3.31. The van der Waals surface area contributed by atoms with E-state index in [1.807, 2.05) is 30.3 Å². The Balaban J connectivity index is 0.000000217. The van der Waals surface area contributed by atoms with Gasteiger partial charge in [-0.25, -0.2) is 0 Å². The molecule has 0 aromatic heterocycles. The fraction of sp³-hybridized carbons (Fsp3) is 0.400.